The van der Waals surface area contributed by atoms with Crippen molar-refractivity contribution >= 4 is 33.4 Å². The van der Waals surface area contributed by atoms with Crippen molar-refractivity contribution in [1.82, 2.24) is 4.90 Å². The van der Waals surface area contributed by atoms with Crippen LogP contribution in [0.5, 0.6) is 5.75 Å². The Morgan fingerprint density at radius 1 is 1.44 bits per heavy atom. The van der Waals surface area contributed by atoms with Crippen LogP contribution in [0.1, 0.15) is 24.8 Å². The third-order valence-corrected chi connectivity index (χ3v) is 3.67. The average molecular weight is 335 g/mol. The molecule has 3 nitrogen and oxygen atoms in total. The second kappa shape index (κ2) is 7.00. The lowest BCUT2D eigenvalue weighted by atomic mass is 10.1. The van der Waals surface area contributed by atoms with Crippen LogP contribution in [0.4, 0.5) is 0 Å². The Bertz CT molecular complexity index is 421. The summed E-state index contributed by atoms with van der Waals surface area (Å²) in [6, 6.07) is 5.47. The summed E-state index contributed by atoms with van der Waals surface area (Å²) in [5.41, 5.74) is 0.686. The molecule has 0 bridgehead atoms. The molecule has 0 aromatic heterocycles. The van der Waals surface area contributed by atoms with Crippen molar-refractivity contribution in [3.05, 3.63) is 28.2 Å². The maximum Gasteiger partial charge on any atom is 0.245 e. The van der Waals surface area contributed by atoms with E-state index >= 15 is 0 Å². The molecule has 0 saturated heterocycles. The first kappa shape index (κ1) is 15.3. The van der Waals surface area contributed by atoms with Crippen LogP contribution in [0.15, 0.2) is 22.7 Å². The molecule has 0 aliphatic rings. The van der Waals surface area contributed by atoms with E-state index in [-0.39, 0.29) is 5.91 Å². The number of carbonyl (C=O) groups excluding carboxylic acids is 1. The molecule has 5 heteroatoms. The number of benzene rings is 1. The summed E-state index contributed by atoms with van der Waals surface area (Å²) in [5.74, 6) is 0.525. The van der Waals surface area contributed by atoms with Gasteiger partial charge in [-0.1, -0.05) is 15.9 Å². The lowest BCUT2D eigenvalue weighted by Crippen LogP contribution is -2.33. The summed E-state index contributed by atoms with van der Waals surface area (Å²) in [4.78, 5) is 13.9. The van der Waals surface area contributed by atoms with Gasteiger partial charge in [-0.3, -0.25) is 4.79 Å². The monoisotopic (exact) mass is 333 g/mol. The maximum absolute atomic E-state index is 12.2. The third kappa shape index (κ3) is 3.39. The maximum atomic E-state index is 12.2. The summed E-state index contributed by atoms with van der Waals surface area (Å²) < 4.78 is 6.11. The van der Waals surface area contributed by atoms with Crippen LogP contribution in [-0.4, -0.2) is 31.0 Å². The molecule has 0 aliphatic heterocycles. The molecule has 0 saturated carbocycles. The van der Waals surface area contributed by atoms with E-state index in [0.29, 0.717) is 24.4 Å². The van der Waals surface area contributed by atoms with Crippen LogP contribution < -0.4 is 4.74 Å². The summed E-state index contributed by atoms with van der Waals surface area (Å²) in [7, 11) is 1.57. The van der Waals surface area contributed by atoms with Crippen molar-refractivity contribution in [2.24, 2.45) is 0 Å². The highest BCUT2D eigenvalue weighted by molar-refractivity contribution is 9.10. The molecule has 0 fully saturated rings. The standard InChI is InChI=1S/C13H17BrClNO2/c1-4-16(5-2)13(17)12(15)10-8-9(14)6-7-11(10)18-3/h6-8,12H,4-5H2,1-3H3. The number of rotatable bonds is 5. The van der Waals surface area contributed by atoms with E-state index in [1.165, 1.54) is 0 Å². The molecule has 1 rings (SSSR count). The fourth-order valence-electron chi connectivity index (χ4n) is 1.73. The van der Waals surface area contributed by atoms with Crippen molar-refractivity contribution < 1.29 is 9.53 Å². The topological polar surface area (TPSA) is 29.5 Å². The molecule has 1 atom stereocenters. The van der Waals surface area contributed by atoms with E-state index in [1.807, 2.05) is 26.0 Å². The molecule has 0 radical (unpaired) electrons. The highest BCUT2D eigenvalue weighted by atomic mass is 79.9. The van der Waals surface area contributed by atoms with E-state index in [1.54, 1.807) is 18.1 Å². The smallest absolute Gasteiger partial charge is 0.245 e. The van der Waals surface area contributed by atoms with Gasteiger partial charge in [-0.25, -0.2) is 0 Å². The zero-order valence-corrected chi connectivity index (χ0v) is 13.1. The van der Waals surface area contributed by atoms with Gasteiger partial charge in [-0.05, 0) is 32.0 Å². The highest BCUT2D eigenvalue weighted by Crippen LogP contribution is 2.33. The van der Waals surface area contributed by atoms with Crippen LogP contribution in [0, 0.1) is 0 Å². The first-order valence-corrected chi connectivity index (χ1v) is 7.04. The molecule has 1 amide bonds. The van der Waals surface area contributed by atoms with Gasteiger partial charge in [-0.15, -0.1) is 11.6 Å². The van der Waals surface area contributed by atoms with Gasteiger partial charge < -0.3 is 9.64 Å². The van der Waals surface area contributed by atoms with Gasteiger partial charge in [0.15, 0.2) is 0 Å². The Morgan fingerprint density at radius 3 is 2.56 bits per heavy atom. The van der Waals surface area contributed by atoms with Crippen LogP contribution in [0.2, 0.25) is 0 Å². The van der Waals surface area contributed by atoms with E-state index in [4.69, 9.17) is 16.3 Å². The van der Waals surface area contributed by atoms with Gasteiger partial charge >= 0.3 is 0 Å². The van der Waals surface area contributed by atoms with Crippen LogP contribution >= 0.6 is 27.5 Å². The van der Waals surface area contributed by atoms with Gasteiger partial charge in [0.05, 0.1) is 7.11 Å². The minimum Gasteiger partial charge on any atom is -0.496 e. The molecular weight excluding hydrogens is 318 g/mol. The van der Waals surface area contributed by atoms with E-state index in [0.717, 1.165) is 4.47 Å². The van der Waals surface area contributed by atoms with Crippen molar-refractivity contribution in [2.45, 2.75) is 19.2 Å². The van der Waals surface area contributed by atoms with Gasteiger partial charge in [0.25, 0.3) is 0 Å². The van der Waals surface area contributed by atoms with E-state index in [2.05, 4.69) is 15.9 Å². The molecule has 0 aliphatic carbocycles. The molecule has 18 heavy (non-hydrogen) atoms. The molecule has 0 N–H and O–H groups in total. The minimum atomic E-state index is -0.725. The molecular formula is C13H17BrClNO2. The lowest BCUT2D eigenvalue weighted by molar-refractivity contribution is -0.130. The number of carbonyl (C=O) groups is 1. The average Bonchev–Trinajstić information content (AvgIpc) is 2.39. The normalized spacial score (nSPS) is 12.1. The van der Waals surface area contributed by atoms with Crippen LogP contribution in [-0.2, 0) is 4.79 Å². The second-order valence-corrected chi connectivity index (χ2v) is 5.11. The molecule has 1 aromatic carbocycles. The predicted octanol–water partition coefficient (Wildman–Crippen LogP) is 3.61. The van der Waals surface area contributed by atoms with E-state index < -0.39 is 5.38 Å². The number of alkyl halides is 1. The van der Waals surface area contributed by atoms with Gasteiger partial charge in [-0.2, -0.15) is 0 Å². The summed E-state index contributed by atoms with van der Waals surface area (Å²) in [5, 5.41) is -0.725. The van der Waals surface area contributed by atoms with Crippen molar-refractivity contribution in [1.29, 1.82) is 0 Å². The number of nitrogens with zero attached hydrogens (tertiary/aromatic N) is 1. The lowest BCUT2D eigenvalue weighted by Gasteiger charge is -2.22. The van der Waals surface area contributed by atoms with E-state index in [9.17, 15) is 4.79 Å². The zero-order valence-electron chi connectivity index (χ0n) is 10.7. The predicted molar refractivity (Wildman–Crippen MR) is 77.2 cm³/mol. The Hall–Kier alpha value is -0.740. The largest absolute Gasteiger partial charge is 0.496 e. The number of halogens is 2. The summed E-state index contributed by atoms with van der Waals surface area (Å²) in [6.45, 7) is 5.16. The number of likely N-dealkylation sites (N-methyl/N-ethyl adjacent to an activating group) is 1. The Morgan fingerprint density at radius 2 is 2.06 bits per heavy atom. The molecule has 0 spiro atoms. The SMILES string of the molecule is CCN(CC)C(=O)C(Cl)c1cc(Br)ccc1OC. The van der Waals surface area contributed by atoms with Crippen molar-refractivity contribution in [3.8, 4) is 5.75 Å². The Labute approximate surface area is 121 Å². The summed E-state index contributed by atoms with van der Waals surface area (Å²) >= 11 is 9.65. The van der Waals surface area contributed by atoms with Crippen molar-refractivity contribution in [3.63, 3.8) is 0 Å². The first-order valence-electron chi connectivity index (χ1n) is 5.81. The van der Waals surface area contributed by atoms with Gasteiger partial charge in [0.1, 0.15) is 11.1 Å². The zero-order chi connectivity index (χ0) is 13.7. The highest BCUT2D eigenvalue weighted by Gasteiger charge is 2.25. The third-order valence-electron chi connectivity index (χ3n) is 2.76. The molecule has 100 valence electrons. The van der Waals surface area contributed by atoms with Crippen LogP contribution in [0.25, 0.3) is 0 Å². The quantitative estimate of drug-likeness (QED) is 0.770. The molecule has 1 unspecified atom stereocenters. The molecule has 0 heterocycles. The first-order chi connectivity index (χ1) is 8.54. The number of methoxy groups -OCH3 is 1. The van der Waals surface area contributed by atoms with Gasteiger partial charge in [0.2, 0.25) is 5.91 Å². The summed E-state index contributed by atoms with van der Waals surface area (Å²) in [6.07, 6.45) is 0. The Balaban J connectivity index is 3.05. The van der Waals surface area contributed by atoms with Gasteiger partial charge in [0, 0.05) is 23.1 Å². The Kier molecular flexibility index (Phi) is 5.96. The minimum absolute atomic E-state index is 0.0990. The fraction of sp³-hybridized carbons (Fsp3) is 0.462. The second-order valence-electron chi connectivity index (χ2n) is 3.76. The number of amides is 1. The number of hydrogen-bond donors (Lipinski definition) is 0. The number of ether oxygens (including phenoxy) is 1. The molecule has 1 aromatic rings. The van der Waals surface area contributed by atoms with Crippen molar-refractivity contribution in [2.75, 3.05) is 20.2 Å². The van der Waals surface area contributed by atoms with Crippen LogP contribution in [0.3, 0.4) is 0 Å². The fourth-order valence-corrected chi connectivity index (χ4v) is 2.42. The number of hydrogen-bond acceptors (Lipinski definition) is 2.